The number of aliphatic carboxylic acids is 1. The van der Waals surface area contributed by atoms with E-state index in [1.807, 2.05) is 18.7 Å². The molecule has 3 nitrogen and oxygen atoms in total. The molecule has 4 heteroatoms. The Labute approximate surface area is 95.7 Å². The van der Waals surface area contributed by atoms with Crippen molar-refractivity contribution in [3.63, 3.8) is 0 Å². The highest BCUT2D eigenvalue weighted by molar-refractivity contribution is 6.25. The van der Waals surface area contributed by atoms with Gasteiger partial charge in [0.25, 0.3) is 0 Å². The number of halogens is 1. The smallest absolute Gasteiger partial charge is 0.321 e. The van der Waals surface area contributed by atoms with E-state index >= 15 is 0 Å². The van der Waals surface area contributed by atoms with Crippen LogP contribution >= 0.6 is 11.6 Å². The van der Waals surface area contributed by atoms with E-state index in [1.165, 1.54) is 5.54 Å². The van der Waals surface area contributed by atoms with Crippen molar-refractivity contribution in [2.45, 2.75) is 32.7 Å². The molecule has 0 aromatic rings. The molecule has 0 aliphatic carbocycles. The Morgan fingerprint density at radius 1 is 1.67 bits per heavy atom. The highest BCUT2D eigenvalue weighted by Gasteiger charge is 2.41. The SMILES string of the molecule is CC1(C)CCCN(C/C=C/Cl)C1C(=O)O. The molecule has 86 valence electrons. The van der Waals surface area contributed by atoms with Gasteiger partial charge in [-0.25, -0.2) is 0 Å². The number of carbonyl (C=O) groups is 1. The van der Waals surface area contributed by atoms with Crippen LogP contribution in [0.3, 0.4) is 0 Å². The van der Waals surface area contributed by atoms with Gasteiger partial charge in [-0.3, -0.25) is 9.69 Å². The Morgan fingerprint density at radius 2 is 2.33 bits per heavy atom. The quantitative estimate of drug-likeness (QED) is 0.811. The van der Waals surface area contributed by atoms with Crippen molar-refractivity contribution >= 4 is 17.6 Å². The lowest BCUT2D eigenvalue weighted by atomic mass is 9.76. The van der Waals surface area contributed by atoms with Crippen LogP contribution < -0.4 is 0 Å². The summed E-state index contributed by atoms with van der Waals surface area (Å²) in [6.07, 6.45) is 3.80. The molecule has 1 heterocycles. The largest absolute Gasteiger partial charge is 0.480 e. The first-order valence-electron chi connectivity index (χ1n) is 5.21. The van der Waals surface area contributed by atoms with E-state index in [0.717, 1.165) is 19.4 Å². The van der Waals surface area contributed by atoms with Gasteiger partial charge in [0.1, 0.15) is 6.04 Å². The molecule has 15 heavy (non-hydrogen) atoms. The molecule has 0 aromatic heterocycles. The van der Waals surface area contributed by atoms with Gasteiger partial charge in [-0.1, -0.05) is 31.5 Å². The van der Waals surface area contributed by atoms with E-state index in [-0.39, 0.29) is 5.41 Å². The van der Waals surface area contributed by atoms with Crippen LogP contribution in [-0.2, 0) is 4.79 Å². The van der Waals surface area contributed by atoms with Crippen LogP contribution in [0.5, 0.6) is 0 Å². The molecule has 0 bridgehead atoms. The molecule has 0 spiro atoms. The van der Waals surface area contributed by atoms with Crippen LogP contribution in [0, 0.1) is 5.41 Å². The highest BCUT2D eigenvalue weighted by atomic mass is 35.5. The van der Waals surface area contributed by atoms with Crippen LogP contribution in [0.4, 0.5) is 0 Å². The van der Waals surface area contributed by atoms with E-state index in [2.05, 4.69) is 0 Å². The lowest BCUT2D eigenvalue weighted by Crippen LogP contribution is -2.54. The molecule has 0 aromatic carbocycles. The lowest BCUT2D eigenvalue weighted by molar-refractivity contribution is -0.150. The van der Waals surface area contributed by atoms with Gasteiger partial charge in [0.15, 0.2) is 0 Å². The third kappa shape index (κ3) is 2.95. The maximum atomic E-state index is 11.2. The summed E-state index contributed by atoms with van der Waals surface area (Å²) in [5.41, 5.74) is 1.28. The van der Waals surface area contributed by atoms with Crippen molar-refractivity contribution < 1.29 is 9.90 Å². The van der Waals surface area contributed by atoms with E-state index in [9.17, 15) is 9.90 Å². The standard InChI is InChI=1S/C11H18ClNO2/c1-11(2)5-3-7-13(8-4-6-12)9(11)10(14)15/h4,6,9H,3,5,7-8H2,1-2H3,(H,14,15)/b6-4+. The fourth-order valence-corrected chi connectivity index (χ4v) is 2.44. The van der Waals surface area contributed by atoms with Gasteiger partial charge in [0, 0.05) is 12.1 Å². The minimum atomic E-state index is -0.734. The summed E-state index contributed by atoms with van der Waals surface area (Å²) in [7, 11) is 0. The van der Waals surface area contributed by atoms with Crippen molar-refractivity contribution in [3.05, 3.63) is 11.6 Å². The van der Waals surface area contributed by atoms with Crippen molar-refractivity contribution in [1.29, 1.82) is 0 Å². The normalized spacial score (nSPS) is 27.0. The molecule has 1 unspecified atom stereocenters. The van der Waals surface area contributed by atoms with E-state index in [4.69, 9.17) is 11.6 Å². The number of likely N-dealkylation sites (tertiary alicyclic amines) is 1. The van der Waals surface area contributed by atoms with Gasteiger partial charge in [0.2, 0.25) is 0 Å². The van der Waals surface area contributed by atoms with Gasteiger partial charge in [0.05, 0.1) is 0 Å². The summed E-state index contributed by atoms with van der Waals surface area (Å²) < 4.78 is 0. The Hall–Kier alpha value is -0.540. The number of carboxylic acid groups (broad SMARTS) is 1. The van der Waals surface area contributed by atoms with Gasteiger partial charge >= 0.3 is 5.97 Å². The third-order valence-corrected chi connectivity index (χ3v) is 3.21. The maximum Gasteiger partial charge on any atom is 0.321 e. The number of nitrogens with zero attached hydrogens (tertiary/aromatic N) is 1. The van der Waals surface area contributed by atoms with Crippen LogP contribution in [0.1, 0.15) is 26.7 Å². The predicted molar refractivity (Wildman–Crippen MR) is 61.0 cm³/mol. The molecule has 1 atom stereocenters. The molecule has 1 fully saturated rings. The molecule has 1 rings (SSSR count). The first kappa shape index (κ1) is 12.5. The molecule has 1 aliphatic heterocycles. The van der Waals surface area contributed by atoms with Crippen LogP contribution in [0.15, 0.2) is 11.6 Å². The second kappa shape index (κ2) is 4.99. The fourth-order valence-electron chi connectivity index (χ4n) is 2.36. The van der Waals surface area contributed by atoms with Gasteiger partial charge in [-0.2, -0.15) is 0 Å². The molecule has 0 saturated carbocycles. The summed E-state index contributed by atoms with van der Waals surface area (Å²) in [6.45, 7) is 5.48. The average molecular weight is 232 g/mol. The third-order valence-electron chi connectivity index (χ3n) is 3.03. The van der Waals surface area contributed by atoms with Crippen molar-refractivity contribution in [1.82, 2.24) is 4.90 Å². The minimum Gasteiger partial charge on any atom is -0.480 e. The average Bonchev–Trinajstić information content (AvgIpc) is 2.12. The second-order valence-corrected chi connectivity index (χ2v) is 4.94. The van der Waals surface area contributed by atoms with E-state index < -0.39 is 12.0 Å². The van der Waals surface area contributed by atoms with Crippen LogP contribution in [0.25, 0.3) is 0 Å². The fraction of sp³-hybridized carbons (Fsp3) is 0.727. The molecular weight excluding hydrogens is 214 g/mol. The summed E-state index contributed by atoms with van der Waals surface area (Å²) in [4.78, 5) is 13.2. The number of hydrogen-bond acceptors (Lipinski definition) is 2. The Morgan fingerprint density at radius 3 is 2.87 bits per heavy atom. The summed E-state index contributed by atoms with van der Waals surface area (Å²) >= 11 is 5.46. The van der Waals surface area contributed by atoms with Gasteiger partial charge in [-0.05, 0) is 24.8 Å². The predicted octanol–water partition coefficient (Wildman–Crippen LogP) is 2.31. The zero-order valence-electron chi connectivity index (χ0n) is 9.24. The van der Waals surface area contributed by atoms with Crippen LogP contribution in [-0.4, -0.2) is 35.1 Å². The number of carboxylic acids is 1. The minimum absolute atomic E-state index is 0.162. The molecule has 0 amide bonds. The number of rotatable bonds is 3. The summed E-state index contributed by atoms with van der Waals surface area (Å²) in [5, 5.41) is 9.24. The number of hydrogen-bond donors (Lipinski definition) is 1. The van der Waals surface area contributed by atoms with Crippen molar-refractivity contribution in [2.24, 2.45) is 5.41 Å². The van der Waals surface area contributed by atoms with Crippen molar-refractivity contribution in [3.8, 4) is 0 Å². The van der Waals surface area contributed by atoms with Gasteiger partial charge in [-0.15, -0.1) is 0 Å². The first-order chi connectivity index (χ1) is 6.99. The van der Waals surface area contributed by atoms with E-state index in [0.29, 0.717) is 6.54 Å². The van der Waals surface area contributed by atoms with Crippen LogP contribution in [0.2, 0.25) is 0 Å². The van der Waals surface area contributed by atoms with Gasteiger partial charge < -0.3 is 5.11 Å². The zero-order valence-corrected chi connectivity index (χ0v) is 10.00. The second-order valence-electron chi connectivity index (χ2n) is 4.69. The molecule has 0 radical (unpaired) electrons. The molecular formula is C11H18ClNO2. The van der Waals surface area contributed by atoms with Crippen molar-refractivity contribution in [2.75, 3.05) is 13.1 Å². The summed E-state index contributed by atoms with van der Waals surface area (Å²) in [6, 6.07) is -0.404. The zero-order chi connectivity index (χ0) is 11.5. The molecule has 1 saturated heterocycles. The molecule has 1 N–H and O–H groups in total. The highest BCUT2D eigenvalue weighted by Crippen LogP contribution is 2.35. The molecule has 1 aliphatic rings. The topological polar surface area (TPSA) is 40.5 Å². The Kier molecular flexibility index (Phi) is 4.17. The number of piperidine rings is 1. The monoisotopic (exact) mass is 231 g/mol. The van der Waals surface area contributed by atoms with E-state index in [1.54, 1.807) is 6.08 Å². The first-order valence-corrected chi connectivity index (χ1v) is 5.65. The lowest BCUT2D eigenvalue weighted by Gasteiger charge is -2.43. The summed E-state index contributed by atoms with van der Waals surface area (Å²) in [5.74, 6) is -0.734. The Balaban J connectivity index is 2.80. The Bertz CT molecular complexity index is 263. The maximum absolute atomic E-state index is 11.2.